The predicted molar refractivity (Wildman–Crippen MR) is 67.7 cm³/mol. The van der Waals surface area contributed by atoms with Gasteiger partial charge in [-0.3, -0.25) is 9.59 Å². The molecule has 1 saturated carbocycles. The molecule has 2 rings (SSSR count). The van der Waals surface area contributed by atoms with Gasteiger partial charge in [0.15, 0.2) is 0 Å². The van der Waals surface area contributed by atoms with Gasteiger partial charge in [0.05, 0.1) is 17.5 Å². The molecule has 7 heteroatoms. The van der Waals surface area contributed by atoms with E-state index in [9.17, 15) is 22.8 Å². The fourth-order valence-corrected chi connectivity index (χ4v) is 2.20. The van der Waals surface area contributed by atoms with Crippen LogP contribution in [0.15, 0.2) is 24.3 Å². The maximum atomic E-state index is 12.9. The van der Waals surface area contributed by atoms with Gasteiger partial charge in [-0.1, -0.05) is 12.1 Å². The number of rotatable bonds is 5. The normalized spacial score (nSPS) is 16.3. The molecule has 1 atom stereocenters. The molecule has 0 heterocycles. The number of hydrogen-bond donors (Lipinski definition) is 2. The van der Waals surface area contributed by atoms with E-state index in [-0.39, 0.29) is 12.3 Å². The number of aliphatic carboxylic acids is 1. The van der Waals surface area contributed by atoms with Crippen molar-refractivity contribution in [1.82, 2.24) is 5.32 Å². The second kappa shape index (κ2) is 5.75. The first-order chi connectivity index (χ1) is 9.79. The summed E-state index contributed by atoms with van der Waals surface area (Å²) in [6.07, 6.45) is -3.36. The van der Waals surface area contributed by atoms with Gasteiger partial charge in [-0.2, -0.15) is 13.2 Å². The molecule has 4 nitrogen and oxygen atoms in total. The van der Waals surface area contributed by atoms with Gasteiger partial charge in [0, 0.05) is 6.04 Å². The van der Waals surface area contributed by atoms with Crippen molar-refractivity contribution >= 4 is 11.9 Å². The summed E-state index contributed by atoms with van der Waals surface area (Å²) in [5.74, 6) is -1.94. The van der Waals surface area contributed by atoms with Gasteiger partial charge in [-0.15, -0.1) is 0 Å². The molecule has 0 radical (unpaired) electrons. The highest BCUT2D eigenvalue weighted by molar-refractivity contribution is 5.96. The molecule has 21 heavy (non-hydrogen) atoms. The highest BCUT2D eigenvalue weighted by Gasteiger charge is 2.37. The summed E-state index contributed by atoms with van der Waals surface area (Å²) < 4.78 is 38.6. The van der Waals surface area contributed by atoms with Crippen molar-refractivity contribution < 1.29 is 27.9 Å². The predicted octanol–water partition coefficient (Wildman–Crippen LogP) is 2.69. The number of carboxylic acids is 1. The highest BCUT2D eigenvalue weighted by atomic mass is 19.4. The summed E-state index contributed by atoms with van der Waals surface area (Å²) in [6, 6.07) is 3.83. The lowest BCUT2D eigenvalue weighted by molar-refractivity contribution is -0.139. The lowest BCUT2D eigenvalue weighted by atomic mass is 10.0. The van der Waals surface area contributed by atoms with Gasteiger partial charge in [0.2, 0.25) is 0 Å². The van der Waals surface area contributed by atoms with Crippen LogP contribution in [0.25, 0.3) is 0 Å². The Hall–Kier alpha value is -2.05. The summed E-state index contributed by atoms with van der Waals surface area (Å²) in [5.41, 5.74) is -1.51. The first kappa shape index (κ1) is 15.3. The quantitative estimate of drug-likeness (QED) is 0.878. The summed E-state index contributed by atoms with van der Waals surface area (Å²) >= 11 is 0. The first-order valence-electron chi connectivity index (χ1n) is 6.48. The number of alkyl halides is 3. The van der Waals surface area contributed by atoms with Gasteiger partial charge < -0.3 is 10.4 Å². The van der Waals surface area contributed by atoms with Gasteiger partial charge in [-0.05, 0) is 30.9 Å². The number of nitrogens with one attached hydrogen (secondary N) is 1. The molecule has 0 aromatic heterocycles. The Balaban J connectivity index is 2.18. The summed E-state index contributed by atoms with van der Waals surface area (Å²) in [7, 11) is 0. The molecule has 1 aromatic carbocycles. The third kappa shape index (κ3) is 3.96. The van der Waals surface area contributed by atoms with Crippen LogP contribution in [0, 0.1) is 5.92 Å². The van der Waals surface area contributed by atoms with Crippen LogP contribution in [-0.2, 0) is 11.0 Å². The van der Waals surface area contributed by atoms with Crippen molar-refractivity contribution in [2.24, 2.45) is 5.92 Å². The Morgan fingerprint density at radius 2 is 1.90 bits per heavy atom. The van der Waals surface area contributed by atoms with E-state index in [1.165, 1.54) is 12.1 Å². The monoisotopic (exact) mass is 301 g/mol. The molecule has 0 spiro atoms. The molecular weight excluding hydrogens is 287 g/mol. The van der Waals surface area contributed by atoms with Crippen molar-refractivity contribution in [1.29, 1.82) is 0 Å². The van der Waals surface area contributed by atoms with Crippen LogP contribution in [0.3, 0.4) is 0 Å². The third-order valence-corrected chi connectivity index (χ3v) is 3.38. The molecule has 1 amide bonds. The topological polar surface area (TPSA) is 66.4 Å². The van der Waals surface area contributed by atoms with E-state index < -0.39 is 35.2 Å². The minimum absolute atomic E-state index is 0.0306. The molecule has 0 saturated heterocycles. The Morgan fingerprint density at radius 1 is 1.29 bits per heavy atom. The Labute approximate surface area is 119 Å². The third-order valence-electron chi connectivity index (χ3n) is 3.38. The largest absolute Gasteiger partial charge is 0.481 e. The second-order valence-corrected chi connectivity index (χ2v) is 5.06. The summed E-state index contributed by atoms with van der Waals surface area (Å²) in [5, 5.41) is 11.2. The maximum Gasteiger partial charge on any atom is 0.417 e. The van der Waals surface area contributed by atoms with Gasteiger partial charge in [0.1, 0.15) is 0 Å². The molecular formula is C14H14F3NO3. The van der Waals surface area contributed by atoms with Crippen molar-refractivity contribution in [2.45, 2.75) is 31.5 Å². The zero-order valence-electron chi connectivity index (χ0n) is 11.0. The van der Waals surface area contributed by atoms with E-state index >= 15 is 0 Å². The molecule has 1 aliphatic rings. The van der Waals surface area contributed by atoms with Crippen LogP contribution in [0.1, 0.15) is 35.2 Å². The lowest BCUT2D eigenvalue weighted by Crippen LogP contribution is -2.38. The number of amides is 1. The van der Waals surface area contributed by atoms with E-state index in [0.29, 0.717) is 0 Å². The molecule has 1 unspecified atom stereocenters. The zero-order chi connectivity index (χ0) is 15.6. The number of carbonyl (C=O) groups is 2. The number of carbonyl (C=O) groups excluding carboxylic acids is 1. The molecule has 2 N–H and O–H groups in total. The van der Waals surface area contributed by atoms with Crippen molar-refractivity contribution in [2.75, 3.05) is 0 Å². The van der Waals surface area contributed by atoms with Crippen molar-refractivity contribution in [3.8, 4) is 0 Å². The lowest BCUT2D eigenvalue weighted by Gasteiger charge is -2.18. The number of carboxylic acid groups (broad SMARTS) is 1. The molecule has 114 valence electrons. The van der Waals surface area contributed by atoms with E-state index in [0.717, 1.165) is 25.0 Å². The summed E-state index contributed by atoms with van der Waals surface area (Å²) in [4.78, 5) is 22.8. The molecule has 0 bridgehead atoms. The van der Waals surface area contributed by atoms with Gasteiger partial charge in [-0.25, -0.2) is 0 Å². The molecule has 1 aromatic rings. The minimum Gasteiger partial charge on any atom is -0.481 e. The molecule has 1 aliphatic carbocycles. The van der Waals surface area contributed by atoms with E-state index in [2.05, 4.69) is 5.32 Å². The van der Waals surface area contributed by atoms with Crippen molar-refractivity contribution in [3.05, 3.63) is 35.4 Å². The highest BCUT2D eigenvalue weighted by Crippen LogP contribution is 2.35. The number of benzene rings is 1. The van der Waals surface area contributed by atoms with Crippen LogP contribution in [-0.4, -0.2) is 23.0 Å². The van der Waals surface area contributed by atoms with Crippen LogP contribution in [0.4, 0.5) is 13.2 Å². The number of halogens is 3. The molecule has 1 fully saturated rings. The van der Waals surface area contributed by atoms with Crippen LogP contribution < -0.4 is 5.32 Å². The summed E-state index contributed by atoms with van der Waals surface area (Å²) in [6.45, 7) is 0. The second-order valence-electron chi connectivity index (χ2n) is 5.06. The fourth-order valence-electron chi connectivity index (χ4n) is 2.20. The van der Waals surface area contributed by atoms with Gasteiger partial charge in [0.25, 0.3) is 5.91 Å². The van der Waals surface area contributed by atoms with Crippen LogP contribution in [0.2, 0.25) is 0 Å². The minimum atomic E-state index is -4.63. The Bertz CT molecular complexity index is 553. The standard InChI is InChI=1S/C14H14F3NO3/c15-14(16,17)10-4-2-1-3-9(10)13(21)18-11(7-12(19)20)8-5-6-8/h1-4,8,11H,5-7H2,(H,18,21)(H,19,20). The van der Waals surface area contributed by atoms with Gasteiger partial charge >= 0.3 is 12.1 Å². The first-order valence-corrected chi connectivity index (χ1v) is 6.48. The molecule has 0 aliphatic heterocycles. The Morgan fingerprint density at radius 3 is 2.43 bits per heavy atom. The Kier molecular flexibility index (Phi) is 4.20. The maximum absolute atomic E-state index is 12.9. The van der Waals surface area contributed by atoms with Crippen molar-refractivity contribution in [3.63, 3.8) is 0 Å². The zero-order valence-corrected chi connectivity index (χ0v) is 11.0. The average Bonchev–Trinajstić information content (AvgIpc) is 3.20. The average molecular weight is 301 g/mol. The van der Waals surface area contributed by atoms with Crippen LogP contribution >= 0.6 is 0 Å². The van der Waals surface area contributed by atoms with E-state index in [1.807, 2.05) is 0 Å². The fraction of sp³-hybridized carbons (Fsp3) is 0.429. The van der Waals surface area contributed by atoms with E-state index in [4.69, 9.17) is 5.11 Å². The number of hydrogen-bond acceptors (Lipinski definition) is 2. The van der Waals surface area contributed by atoms with E-state index in [1.54, 1.807) is 0 Å². The van der Waals surface area contributed by atoms with Crippen LogP contribution in [0.5, 0.6) is 0 Å². The smallest absolute Gasteiger partial charge is 0.417 e. The SMILES string of the molecule is O=C(O)CC(NC(=O)c1ccccc1C(F)(F)F)C1CC1.